The van der Waals surface area contributed by atoms with E-state index >= 15 is 0 Å². The van der Waals surface area contributed by atoms with Crippen molar-refractivity contribution in [2.75, 3.05) is 18.5 Å². The summed E-state index contributed by atoms with van der Waals surface area (Å²) in [6, 6.07) is 4.59. The number of aliphatic hydroxyl groups is 1. The monoisotopic (exact) mass is 306 g/mol. The van der Waals surface area contributed by atoms with Gasteiger partial charge in [-0.2, -0.15) is 4.39 Å². The smallest absolute Gasteiger partial charge is 0.344 e. The summed E-state index contributed by atoms with van der Waals surface area (Å²) in [4.78, 5) is 23.4. The molecule has 0 radical (unpaired) electrons. The number of anilines is 1. The Morgan fingerprint density at radius 2 is 2.14 bits per heavy atom. The third-order valence-corrected chi connectivity index (χ3v) is 3.71. The van der Waals surface area contributed by atoms with Crippen LogP contribution in [0, 0.1) is 5.95 Å². The van der Waals surface area contributed by atoms with Gasteiger partial charge in [-0.3, -0.25) is 4.79 Å². The van der Waals surface area contributed by atoms with E-state index in [1.165, 1.54) is 10.6 Å². The van der Waals surface area contributed by atoms with Crippen LogP contribution in [-0.4, -0.2) is 33.9 Å². The third kappa shape index (κ3) is 2.33. The highest BCUT2D eigenvalue weighted by molar-refractivity contribution is 5.93. The summed E-state index contributed by atoms with van der Waals surface area (Å²) in [5.41, 5.74) is -0.614. The number of hydrogen-bond acceptors (Lipinski definition) is 4. The molecule has 0 unspecified atom stereocenters. The number of halogens is 1. The van der Waals surface area contributed by atoms with Gasteiger partial charge in [-0.05, 0) is 31.0 Å². The van der Waals surface area contributed by atoms with Crippen LogP contribution in [0.1, 0.15) is 29.2 Å². The Labute approximate surface area is 124 Å². The number of aromatic nitrogens is 1. The normalized spacial score (nSPS) is 14.3. The molecule has 1 aliphatic rings. The fourth-order valence-corrected chi connectivity index (χ4v) is 2.56. The summed E-state index contributed by atoms with van der Waals surface area (Å²) in [5.74, 6) is -2.55. The molecule has 0 amide bonds. The minimum absolute atomic E-state index is 0.0558. The van der Waals surface area contributed by atoms with Crippen molar-refractivity contribution in [3.05, 3.63) is 39.9 Å². The van der Waals surface area contributed by atoms with Gasteiger partial charge in [0.2, 0.25) is 11.4 Å². The molecule has 1 aromatic carbocycles. The van der Waals surface area contributed by atoms with Crippen molar-refractivity contribution in [3.8, 4) is 0 Å². The zero-order valence-corrected chi connectivity index (χ0v) is 11.7. The zero-order chi connectivity index (χ0) is 15.9. The van der Waals surface area contributed by atoms with Gasteiger partial charge < -0.3 is 20.1 Å². The lowest BCUT2D eigenvalue weighted by atomic mass is 10.1. The quantitative estimate of drug-likeness (QED) is 0.729. The Balaban J connectivity index is 2.28. The van der Waals surface area contributed by atoms with Gasteiger partial charge in [0.1, 0.15) is 0 Å². The van der Waals surface area contributed by atoms with Gasteiger partial charge in [-0.1, -0.05) is 0 Å². The number of carboxylic acid groups (broad SMARTS) is 1. The molecule has 7 heteroatoms. The molecule has 0 bridgehead atoms. The molecule has 0 spiro atoms. The van der Waals surface area contributed by atoms with Crippen molar-refractivity contribution in [1.82, 2.24) is 4.57 Å². The lowest BCUT2D eigenvalue weighted by molar-refractivity contribution is 0.0688. The molecule has 1 fully saturated rings. The van der Waals surface area contributed by atoms with E-state index in [0.29, 0.717) is 17.7 Å². The van der Waals surface area contributed by atoms with E-state index in [2.05, 4.69) is 5.32 Å². The molecular formula is C15H15FN2O4. The topological polar surface area (TPSA) is 91.6 Å². The zero-order valence-electron chi connectivity index (χ0n) is 11.7. The largest absolute Gasteiger partial charge is 0.477 e. The highest BCUT2D eigenvalue weighted by Gasteiger charge is 2.31. The molecule has 3 rings (SSSR count). The highest BCUT2D eigenvalue weighted by Crippen LogP contribution is 2.38. The van der Waals surface area contributed by atoms with Crippen LogP contribution < -0.4 is 10.7 Å². The number of aliphatic hydroxyl groups excluding tert-OH is 1. The molecule has 0 aliphatic heterocycles. The average molecular weight is 306 g/mol. The lowest BCUT2D eigenvalue weighted by Gasteiger charge is -2.15. The first-order chi connectivity index (χ1) is 10.5. The molecule has 0 saturated heterocycles. The van der Waals surface area contributed by atoms with E-state index in [1.807, 2.05) is 0 Å². The van der Waals surface area contributed by atoms with Crippen molar-refractivity contribution in [2.24, 2.45) is 0 Å². The molecule has 3 N–H and O–H groups in total. The number of carboxylic acids is 1. The molecule has 1 heterocycles. The van der Waals surface area contributed by atoms with Crippen LogP contribution in [0.4, 0.5) is 10.1 Å². The first kappa shape index (κ1) is 14.5. The molecule has 22 heavy (non-hydrogen) atoms. The first-order valence-electron chi connectivity index (χ1n) is 7.00. The summed E-state index contributed by atoms with van der Waals surface area (Å²) < 4.78 is 15.8. The highest BCUT2D eigenvalue weighted by atomic mass is 19.1. The van der Waals surface area contributed by atoms with Crippen LogP contribution in [0.2, 0.25) is 0 Å². The van der Waals surface area contributed by atoms with Crippen LogP contribution in [0.15, 0.2) is 23.0 Å². The minimum Gasteiger partial charge on any atom is -0.477 e. The molecule has 2 aromatic rings. The Morgan fingerprint density at radius 1 is 1.41 bits per heavy atom. The molecule has 0 atom stereocenters. The summed E-state index contributed by atoms with van der Waals surface area (Å²) in [6.07, 6.45) is 1.50. The number of nitrogens with one attached hydrogen (secondary N) is 1. The third-order valence-electron chi connectivity index (χ3n) is 3.71. The van der Waals surface area contributed by atoms with Gasteiger partial charge in [0.25, 0.3) is 0 Å². The van der Waals surface area contributed by atoms with Gasteiger partial charge in [-0.25, -0.2) is 4.79 Å². The Hall–Kier alpha value is -2.41. The number of nitrogens with zero attached hydrogens (tertiary/aromatic N) is 1. The maximum absolute atomic E-state index is 14.5. The predicted octanol–water partition coefficient (Wildman–Crippen LogP) is 1.58. The molecule has 6 nitrogen and oxygen atoms in total. The van der Waals surface area contributed by atoms with E-state index in [-0.39, 0.29) is 18.0 Å². The van der Waals surface area contributed by atoms with Crippen molar-refractivity contribution < 1.29 is 19.4 Å². The Bertz CT molecular complexity index is 811. The second kappa shape index (κ2) is 5.42. The van der Waals surface area contributed by atoms with Crippen LogP contribution in [0.5, 0.6) is 0 Å². The van der Waals surface area contributed by atoms with Gasteiger partial charge in [0, 0.05) is 23.7 Å². The fraction of sp³-hybridized carbons (Fsp3) is 0.333. The number of hydrogen-bond donors (Lipinski definition) is 3. The molecular weight excluding hydrogens is 291 g/mol. The second-order valence-electron chi connectivity index (χ2n) is 5.28. The number of aromatic carboxylic acids is 1. The standard InChI is InChI=1S/C15H15FN2O4/c16-14-12(15(21)22)13(20)10-4-1-8(17-5-6-19)7-11(10)18(14)9-2-3-9/h1,4,7,9,17,19H,2-3,5-6H2,(H,21,22). The number of pyridine rings is 1. The molecule has 1 aliphatic carbocycles. The van der Waals surface area contributed by atoms with E-state index in [9.17, 15) is 14.0 Å². The van der Waals surface area contributed by atoms with Gasteiger partial charge >= 0.3 is 5.97 Å². The van der Waals surface area contributed by atoms with Crippen LogP contribution in [-0.2, 0) is 0 Å². The van der Waals surface area contributed by atoms with Crippen molar-refractivity contribution in [1.29, 1.82) is 0 Å². The summed E-state index contributed by atoms with van der Waals surface area (Å²) in [5, 5.41) is 21.1. The lowest BCUT2D eigenvalue weighted by Crippen LogP contribution is -2.23. The van der Waals surface area contributed by atoms with E-state index in [1.54, 1.807) is 12.1 Å². The first-order valence-corrected chi connectivity index (χ1v) is 7.00. The van der Waals surface area contributed by atoms with Crippen molar-refractivity contribution >= 4 is 22.6 Å². The van der Waals surface area contributed by atoms with Gasteiger partial charge in [0.15, 0.2) is 5.56 Å². The van der Waals surface area contributed by atoms with Gasteiger partial charge in [0.05, 0.1) is 12.1 Å². The summed E-state index contributed by atoms with van der Waals surface area (Å²) >= 11 is 0. The summed E-state index contributed by atoms with van der Waals surface area (Å²) in [7, 11) is 0. The summed E-state index contributed by atoms with van der Waals surface area (Å²) in [6.45, 7) is 0.272. The van der Waals surface area contributed by atoms with E-state index in [0.717, 1.165) is 12.8 Å². The fourth-order valence-electron chi connectivity index (χ4n) is 2.56. The van der Waals surface area contributed by atoms with Crippen molar-refractivity contribution in [2.45, 2.75) is 18.9 Å². The number of carbonyl (C=O) groups is 1. The average Bonchev–Trinajstić information content (AvgIpc) is 3.29. The SMILES string of the molecule is O=C(O)c1c(F)n(C2CC2)c2cc(NCCO)ccc2c1=O. The van der Waals surface area contributed by atoms with Crippen LogP contribution in [0.25, 0.3) is 10.9 Å². The number of benzene rings is 1. The van der Waals surface area contributed by atoms with Crippen LogP contribution >= 0.6 is 0 Å². The van der Waals surface area contributed by atoms with Crippen LogP contribution in [0.3, 0.4) is 0 Å². The van der Waals surface area contributed by atoms with E-state index in [4.69, 9.17) is 10.2 Å². The molecule has 116 valence electrons. The van der Waals surface area contributed by atoms with E-state index < -0.39 is 22.9 Å². The number of rotatable bonds is 5. The maximum Gasteiger partial charge on any atom is 0.344 e. The maximum atomic E-state index is 14.5. The molecule has 1 saturated carbocycles. The minimum atomic E-state index is -1.55. The predicted molar refractivity (Wildman–Crippen MR) is 79.0 cm³/mol. The number of fused-ring (bicyclic) bond motifs is 1. The Kier molecular flexibility index (Phi) is 3.58. The second-order valence-corrected chi connectivity index (χ2v) is 5.28. The van der Waals surface area contributed by atoms with Crippen molar-refractivity contribution in [3.63, 3.8) is 0 Å². The van der Waals surface area contributed by atoms with Gasteiger partial charge in [-0.15, -0.1) is 0 Å². The Morgan fingerprint density at radius 3 is 2.73 bits per heavy atom. The molecule has 1 aromatic heterocycles.